The molecule has 5 heterocycles. The fourth-order valence-corrected chi connectivity index (χ4v) is 5.47. The number of aryl methyl sites for hydroxylation is 2. The van der Waals surface area contributed by atoms with Gasteiger partial charge in [-0.05, 0) is 37.0 Å². The fourth-order valence-electron chi connectivity index (χ4n) is 5.47. The van der Waals surface area contributed by atoms with Crippen LogP contribution in [0, 0.1) is 12.3 Å². The van der Waals surface area contributed by atoms with Crippen LogP contribution in [-0.2, 0) is 13.5 Å². The van der Waals surface area contributed by atoms with Crippen molar-refractivity contribution in [3.8, 4) is 22.8 Å². The lowest BCUT2D eigenvalue weighted by atomic mass is 9.83. The number of pyridine rings is 1. The molecule has 5 heteroatoms. The minimum Gasteiger partial charge on any atom is -0.464 e. The van der Waals surface area contributed by atoms with Gasteiger partial charge in [-0.25, -0.2) is 4.57 Å². The maximum absolute atomic E-state index is 6.82. The first-order valence-electron chi connectivity index (χ1n) is 11.3. The smallest absolute Gasteiger partial charge is 0.298 e. The minimum absolute atomic E-state index is 0.0858. The molecule has 1 aliphatic rings. The van der Waals surface area contributed by atoms with Crippen LogP contribution in [0.1, 0.15) is 31.9 Å². The van der Waals surface area contributed by atoms with Gasteiger partial charge in [0, 0.05) is 33.4 Å². The summed E-state index contributed by atoms with van der Waals surface area (Å²) in [5, 5.41) is 5.16. The Morgan fingerprint density at radius 2 is 1.70 bits per heavy atom. The second-order valence-electron chi connectivity index (χ2n) is 10.3. The molecule has 5 nitrogen and oxygen atoms in total. The van der Waals surface area contributed by atoms with Crippen molar-refractivity contribution in [3.63, 3.8) is 0 Å². The van der Waals surface area contributed by atoms with Crippen LogP contribution in [0.15, 0.2) is 56.2 Å². The third-order valence-electron chi connectivity index (χ3n) is 6.81. The van der Waals surface area contributed by atoms with Crippen LogP contribution in [-0.4, -0.2) is 0 Å². The van der Waals surface area contributed by atoms with Crippen molar-refractivity contribution in [2.75, 3.05) is 0 Å². The fraction of sp³-hybridized carbons (Fsp3) is 0.250. The lowest BCUT2D eigenvalue weighted by Gasteiger charge is -2.26. The van der Waals surface area contributed by atoms with E-state index >= 15 is 0 Å². The van der Waals surface area contributed by atoms with Gasteiger partial charge in [0.2, 0.25) is 5.69 Å². The molecule has 0 radical (unpaired) electrons. The van der Waals surface area contributed by atoms with E-state index in [4.69, 9.17) is 18.0 Å². The zero-order valence-corrected chi connectivity index (χ0v) is 19.3. The zero-order valence-electron chi connectivity index (χ0n) is 19.3. The summed E-state index contributed by atoms with van der Waals surface area (Å²) >= 11 is 0. The molecule has 0 saturated carbocycles. The number of furan rings is 3. The van der Waals surface area contributed by atoms with Crippen molar-refractivity contribution in [2.45, 2.75) is 34.1 Å². The highest BCUT2D eigenvalue weighted by molar-refractivity contribution is 6.19. The number of rotatable bonds is 1. The lowest BCUT2D eigenvalue weighted by Crippen LogP contribution is -2.32. The quantitative estimate of drug-likeness (QED) is 0.248. The second kappa shape index (κ2) is 5.98. The molecule has 164 valence electrons. The summed E-state index contributed by atoms with van der Waals surface area (Å²) in [4.78, 5) is 0. The van der Waals surface area contributed by atoms with Gasteiger partial charge in [0.05, 0.1) is 23.5 Å². The summed E-state index contributed by atoms with van der Waals surface area (Å²) < 4.78 is 26.7. The predicted octanol–water partition coefficient (Wildman–Crippen LogP) is 7.57. The number of fused-ring (bicyclic) bond motifs is 7. The minimum atomic E-state index is 0.0858. The highest BCUT2D eigenvalue weighted by atomic mass is 16.5. The van der Waals surface area contributed by atoms with Crippen molar-refractivity contribution >= 4 is 43.9 Å². The van der Waals surface area contributed by atoms with Crippen LogP contribution in [0.3, 0.4) is 0 Å². The largest absolute Gasteiger partial charge is 0.464 e. The molecule has 33 heavy (non-hydrogen) atoms. The SMILES string of the molecule is Cc1c2c(c(CC(C)(C)C)c3ccoc13)Oc1cc3c4ccoc4oc3c3cc[n+](C)c-2c13. The number of hydrogen-bond donors (Lipinski definition) is 0. The summed E-state index contributed by atoms with van der Waals surface area (Å²) in [5.41, 5.74) is 6.32. The highest BCUT2D eigenvalue weighted by Crippen LogP contribution is 2.53. The Morgan fingerprint density at radius 1 is 0.909 bits per heavy atom. The van der Waals surface area contributed by atoms with E-state index in [9.17, 15) is 0 Å². The van der Waals surface area contributed by atoms with E-state index < -0.39 is 0 Å². The molecule has 0 atom stereocenters. The summed E-state index contributed by atoms with van der Waals surface area (Å²) in [5.74, 6) is 2.31. The van der Waals surface area contributed by atoms with Gasteiger partial charge < -0.3 is 18.0 Å². The third-order valence-corrected chi connectivity index (χ3v) is 6.81. The highest BCUT2D eigenvalue weighted by Gasteiger charge is 2.35. The van der Waals surface area contributed by atoms with Crippen molar-refractivity contribution in [1.29, 1.82) is 0 Å². The van der Waals surface area contributed by atoms with Crippen molar-refractivity contribution in [2.24, 2.45) is 12.5 Å². The first kappa shape index (κ1) is 18.8. The van der Waals surface area contributed by atoms with E-state index in [2.05, 4.69) is 63.7 Å². The molecule has 0 fully saturated rings. The molecule has 4 aromatic heterocycles. The van der Waals surface area contributed by atoms with Gasteiger partial charge >= 0.3 is 0 Å². The normalized spacial score (nSPS) is 13.4. The van der Waals surface area contributed by atoms with E-state index in [1.807, 2.05) is 6.07 Å². The van der Waals surface area contributed by atoms with Crippen molar-refractivity contribution < 1.29 is 22.6 Å². The topological polar surface area (TPSA) is 52.5 Å². The zero-order chi connectivity index (χ0) is 22.6. The second-order valence-corrected chi connectivity index (χ2v) is 10.3. The number of benzene rings is 2. The van der Waals surface area contributed by atoms with E-state index in [0.29, 0.717) is 5.78 Å². The molecule has 0 aliphatic carbocycles. The Labute approximate surface area is 190 Å². The van der Waals surface area contributed by atoms with E-state index in [-0.39, 0.29) is 5.41 Å². The maximum Gasteiger partial charge on any atom is 0.298 e. The van der Waals surface area contributed by atoms with Crippen LogP contribution in [0.5, 0.6) is 11.5 Å². The molecule has 0 N–H and O–H groups in total. The van der Waals surface area contributed by atoms with Crippen molar-refractivity contribution in [3.05, 3.63) is 54.1 Å². The first-order chi connectivity index (χ1) is 15.8. The van der Waals surface area contributed by atoms with E-state index in [0.717, 1.165) is 72.8 Å². The van der Waals surface area contributed by atoms with Crippen molar-refractivity contribution in [1.82, 2.24) is 0 Å². The number of ether oxygens (including phenoxy) is 1. The van der Waals surface area contributed by atoms with Gasteiger partial charge in [-0.1, -0.05) is 20.8 Å². The molecular formula is C28H24NO4+. The predicted molar refractivity (Wildman–Crippen MR) is 128 cm³/mol. The maximum atomic E-state index is 6.82. The summed E-state index contributed by atoms with van der Waals surface area (Å²) in [6, 6.07) is 8.21. The molecule has 2 aromatic carbocycles. The molecule has 1 aliphatic heterocycles. The average Bonchev–Trinajstić information content (AvgIpc) is 3.48. The Kier molecular flexibility index (Phi) is 3.41. The molecule has 0 spiro atoms. The van der Waals surface area contributed by atoms with Crippen LogP contribution >= 0.6 is 0 Å². The van der Waals surface area contributed by atoms with Gasteiger partial charge in [0.25, 0.3) is 5.78 Å². The van der Waals surface area contributed by atoms with Crippen LogP contribution in [0.2, 0.25) is 0 Å². The van der Waals surface area contributed by atoms with Crippen LogP contribution in [0.25, 0.3) is 55.1 Å². The van der Waals surface area contributed by atoms with Crippen LogP contribution in [0.4, 0.5) is 0 Å². The molecular weight excluding hydrogens is 414 g/mol. The summed E-state index contributed by atoms with van der Waals surface area (Å²) in [6.07, 6.45) is 6.41. The van der Waals surface area contributed by atoms with Gasteiger partial charge in [-0.3, -0.25) is 0 Å². The molecule has 6 aromatic rings. The van der Waals surface area contributed by atoms with Crippen LogP contribution < -0.4 is 9.30 Å². The Morgan fingerprint density at radius 3 is 2.52 bits per heavy atom. The number of hydrogen-bond acceptors (Lipinski definition) is 4. The Bertz CT molecular complexity index is 1770. The Hall–Kier alpha value is -3.73. The summed E-state index contributed by atoms with van der Waals surface area (Å²) in [7, 11) is 2.08. The van der Waals surface area contributed by atoms with Gasteiger partial charge in [-0.2, -0.15) is 0 Å². The van der Waals surface area contributed by atoms with E-state index in [1.54, 1.807) is 12.5 Å². The molecule has 0 unspecified atom stereocenters. The average molecular weight is 439 g/mol. The lowest BCUT2D eigenvalue weighted by molar-refractivity contribution is -0.659. The van der Waals surface area contributed by atoms with Gasteiger partial charge in [-0.15, -0.1) is 0 Å². The number of aromatic nitrogens is 1. The standard InChI is InChI=1S/C28H24NO4/c1-14-21-23-22-17(6-9-29(23)5)25-18(16-8-11-31-27(16)33-25)12-20(22)32-26(21)19(13-28(2,3)4)15-7-10-30-24(14)15/h6-12H,13H2,1-5H3/q+1. The van der Waals surface area contributed by atoms with E-state index in [1.165, 1.54) is 5.56 Å². The van der Waals surface area contributed by atoms with Gasteiger partial charge in [0.1, 0.15) is 35.1 Å². The molecule has 0 bridgehead atoms. The molecule has 0 amide bonds. The first-order valence-corrected chi connectivity index (χ1v) is 11.3. The third kappa shape index (κ3) is 2.39. The molecule has 0 saturated heterocycles. The monoisotopic (exact) mass is 438 g/mol. The number of nitrogens with zero attached hydrogens (tertiary/aromatic N) is 1. The summed E-state index contributed by atoms with van der Waals surface area (Å²) in [6.45, 7) is 8.89. The van der Waals surface area contributed by atoms with Gasteiger partial charge in [0.15, 0.2) is 6.20 Å². The molecule has 7 rings (SSSR count). The Balaban J connectivity index is 1.67.